The number of ether oxygens (including phenoxy) is 1. The van der Waals surface area contributed by atoms with Crippen LogP contribution in [0, 0.1) is 5.82 Å². The molecule has 0 saturated heterocycles. The summed E-state index contributed by atoms with van der Waals surface area (Å²) in [6.45, 7) is 0. The average Bonchev–Trinajstić information content (AvgIpc) is 3.05. The molecule has 0 unspecified atom stereocenters. The lowest BCUT2D eigenvalue weighted by Gasteiger charge is -1.99. The molecule has 4 nitrogen and oxygen atoms in total. The van der Waals surface area contributed by atoms with Gasteiger partial charge in [-0.3, -0.25) is 0 Å². The molecule has 0 aliphatic carbocycles. The van der Waals surface area contributed by atoms with Gasteiger partial charge in [0.1, 0.15) is 11.5 Å². The highest BCUT2D eigenvalue weighted by Crippen LogP contribution is 2.26. The molecule has 0 amide bonds. The molecule has 2 aromatic carbocycles. The number of hydrogen-bond donors (Lipinski definition) is 0. The fourth-order valence-electron chi connectivity index (χ4n) is 2.06. The Bertz CT molecular complexity index is 792. The molecule has 0 fully saturated rings. The van der Waals surface area contributed by atoms with Crippen LogP contribution >= 0.6 is 0 Å². The van der Waals surface area contributed by atoms with E-state index in [0.717, 1.165) is 11.1 Å². The van der Waals surface area contributed by atoms with E-state index >= 15 is 0 Å². The van der Waals surface area contributed by atoms with Crippen molar-refractivity contribution in [3.63, 3.8) is 0 Å². The fourth-order valence-corrected chi connectivity index (χ4v) is 2.06. The maximum atomic E-state index is 12.9. The number of esters is 1. The number of nitrogens with zero attached hydrogens (tertiary/aromatic N) is 1. The van der Waals surface area contributed by atoms with E-state index in [1.165, 1.54) is 19.2 Å². The maximum absolute atomic E-state index is 12.9. The summed E-state index contributed by atoms with van der Waals surface area (Å²) in [6.07, 6.45) is 0. The van der Waals surface area contributed by atoms with Crippen molar-refractivity contribution in [2.24, 2.45) is 0 Å². The zero-order valence-corrected chi connectivity index (χ0v) is 11.7. The van der Waals surface area contributed by atoms with E-state index in [0.29, 0.717) is 17.0 Å². The molecular formula is C17H12FNO3. The second-order valence-electron chi connectivity index (χ2n) is 4.65. The van der Waals surface area contributed by atoms with Crippen LogP contribution in [-0.2, 0) is 4.74 Å². The summed E-state index contributed by atoms with van der Waals surface area (Å²) in [7, 11) is 1.33. The summed E-state index contributed by atoms with van der Waals surface area (Å²) in [6, 6.07) is 14.6. The molecule has 0 radical (unpaired) electrons. The first-order valence-electron chi connectivity index (χ1n) is 6.59. The van der Waals surface area contributed by atoms with Gasteiger partial charge in [0.25, 0.3) is 0 Å². The van der Waals surface area contributed by atoms with Gasteiger partial charge in [-0.15, -0.1) is 0 Å². The van der Waals surface area contributed by atoms with E-state index in [1.807, 2.05) is 0 Å². The molecule has 0 saturated carbocycles. The summed E-state index contributed by atoms with van der Waals surface area (Å²) in [5, 5.41) is 3.98. The van der Waals surface area contributed by atoms with Crippen molar-refractivity contribution < 1.29 is 18.4 Å². The van der Waals surface area contributed by atoms with Crippen LogP contribution in [-0.4, -0.2) is 18.2 Å². The Labute approximate surface area is 126 Å². The summed E-state index contributed by atoms with van der Waals surface area (Å²) < 4.78 is 22.9. The highest BCUT2D eigenvalue weighted by Gasteiger charge is 2.10. The molecule has 5 heteroatoms. The van der Waals surface area contributed by atoms with E-state index in [4.69, 9.17) is 4.52 Å². The number of carbonyl (C=O) groups excluding carboxylic acids is 1. The zero-order chi connectivity index (χ0) is 15.5. The average molecular weight is 297 g/mol. The Kier molecular flexibility index (Phi) is 3.70. The standard InChI is InChI=1S/C17H12FNO3/c1-21-17(20)13-4-2-12(3-5-13)16-10-15(19-22-16)11-6-8-14(18)9-7-11/h2-10H,1H3. The molecular weight excluding hydrogens is 285 g/mol. The quantitative estimate of drug-likeness (QED) is 0.687. The normalized spacial score (nSPS) is 10.5. The summed E-state index contributed by atoms with van der Waals surface area (Å²) in [5.74, 6) is -0.127. The molecule has 0 spiro atoms. The van der Waals surface area contributed by atoms with Crippen LogP contribution in [0.4, 0.5) is 4.39 Å². The van der Waals surface area contributed by atoms with Crippen LogP contribution in [0.5, 0.6) is 0 Å². The van der Waals surface area contributed by atoms with Gasteiger partial charge in [0.05, 0.1) is 12.7 Å². The van der Waals surface area contributed by atoms with Crippen LogP contribution in [0.25, 0.3) is 22.6 Å². The van der Waals surface area contributed by atoms with Crippen molar-refractivity contribution >= 4 is 5.97 Å². The number of carbonyl (C=O) groups is 1. The molecule has 110 valence electrons. The van der Waals surface area contributed by atoms with E-state index in [-0.39, 0.29) is 5.82 Å². The first kappa shape index (κ1) is 14.0. The van der Waals surface area contributed by atoms with Gasteiger partial charge in [0.15, 0.2) is 5.76 Å². The molecule has 1 heterocycles. The zero-order valence-electron chi connectivity index (χ0n) is 11.7. The number of rotatable bonds is 3. The van der Waals surface area contributed by atoms with Crippen molar-refractivity contribution in [3.8, 4) is 22.6 Å². The van der Waals surface area contributed by atoms with Gasteiger partial charge in [-0.25, -0.2) is 9.18 Å². The topological polar surface area (TPSA) is 52.3 Å². The Morgan fingerprint density at radius 3 is 2.32 bits per heavy atom. The van der Waals surface area contributed by atoms with Crippen LogP contribution in [0.2, 0.25) is 0 Å². The molecule has 22 heavy (non-hydrogen) atoms. The largest absolute Gasteiger partial charge is 0.465 e. The number of methoxy groups -OCH3 is 1. The van der Waals surface area contributed by atoms with Crippen LogP contribution in [0.3, 0.4) is 0 Å². The lowest BCUT2D eigenvalue weighted by atomic mass is 10.1. The van der Waals surface area contributed by atoms with Crippen LogP contribution < -0.4 is 0 Å². The van der Waals surface area contributed by atoms with Crippen molar-refractivity contribution in [3.05, 3.63) is 66.0 Å². The Hall–Kier alpha value is -2.95. The second kappa shape index (κ2) is 5.81. The minimum Gasteiger partial charge on any atom is -0.465 e. The first-order chi connectivity index (χ1) is 10.7. The third-order valence-electron chi connectivity index (χ3n) is 3.24. The Morgan fingerprint density at radius 1 is 1.05 bits per heavy atom. The smallest absolute Gasteiger partial charge is 0.337 e. The molecule has 0 bridgehead atoms. The number of halogens is 1. The van der Waals surface area contributed by atoms with E-state index in [2.05, 4.69) is 9.89 Å². The van der Waals surface area contributed by atoms with Crippen LogP contribution in [0.1, 0.15) is 10.4 Å². The van der Waals surface area contributed by atoms with E-state index in [9.17, 15) is 9.18 Å². The van der Waals surface area contributed by atoms with Gasteiger partial charge in [0, 0.05) is 17.2 Å². The fraction of sp³-hybridized carbons (Fsp3) is 0.0588. The summed E-state index contributed by atoms with van der Waals surface area (Å²) in [5.41, 5.74) is 2.63. The van der Waals surface area contributed by atoms with Gasteiger partial charge >= 0.3 is 5.97 Å². The third-order valence-corrected chi connectivity index (χ3v) is 3.24. The van der Waals surface area contributed by atoms with Crippen molar-refractivity contribution in [1.29, 1.82) is 0 Å². The molecule has 0 atom stereocenters. The second-order valence-corrected chi connectivity index (χ2v) is 4.65. The Balaban J connectivity index is 1.87. The minimum atomic E-state index is -0.392. The molecule has 0 aliphatic rings. The Morgan fingerprint density at radius 2 is 1.68 bits per heavy atom. The van der Waals surface area contributed by atoms with Gasteiger partial charge in [-0.05, 0) is 36.4 Å². The number of benzene rings is 2. The van der Waals surface area contributed by atoms with Gasteiger partial charge < -0.3 is 9.26 Å². The molecule has 0 N–H and O–H groups in total. The third kappa shape index (κ3) is 2.74. The van der Waals surface area contributed by atoms with Gasteiger partial charge in [-0.2, -0.15) is 0 Å². The van der Waals surface area contributed by atoms with E-state index in [1.54, 1.807) is 42.5 Å². The lowest BCUT2D eigenvalue weighted by molar-refractivity contribution is 0.0601. The summed E-state index contributed by atoms with van der Waals surface area (Å²) in [4.78, 5) is 11.4. The van der Waals surface area contributed by atoms with Crippen molar-refractivity contribution in [2.45, 2.75) is 0 Å². The monoisotopic (exact) mass is 297 g/mol. The van der Waals surface area contributed by atoms with Crippen molar-refractivity contribution in [2.75, 3.05) is 7.11 Å². The number of aromatic nitrogens is 1. The highest BCUT2D eigenvalue weighted by molar-refractivity contribution is 5.89. The minimum absolute atomic E-state index is 0.300. The predicted octanol–water partition coefficient (Wildman–Crippen LogP) is 3.93. The molecule has 1 aromatic heterocycles. The van der Waals surface area contributed by atoms with Crippen LogP contribution in [0.15, 0.2) is 59.1 Å². The van der Waals surface area contributed by atoms with Gasteiger partial charge in [-0.1, -0.05) is 17.3 Å². The predicted molar refractivity (Wildman–Crippen MR) is 78.7 cm³/mol. The van der Waals surface area contributed by atoms with Gasteiger partial charge in [0.2, 0.25) is 0 Å². The molecule has 3 aromatic rings. The maximum Gasteiger partial charge on any atom is 0.337 e. The first-order valence-corrected chi connectivity index (χ1v) is 6.59. The van der Waals surface area contributed by atoms with E-state index < -0.39 is 5.97 Å². The molecule has 3 rings (SSSR count). The lowest BCUT2D eigenvalue weighted by Crippen LogP contribution is -2.00. The van der Waals surface area contributed by atoms with Crippen molar-refractivity contribution in [1.82, 2.24) is 5.16 Å². The SMILES string of the molecule is COC(=O)c1ccc(-c2cc(-c3ccc(F)cc3)no2)cc1. The highest BCUT2D eigenvalue weighted by atomic mass is 19.1. The number of hydrogen-bond acceptors (Lipinski definition) is 4. The molecule has 0 aliphatic heterocycles. The summed E-state index contributed by atoms with van der Waals surface area (Å²) >= 11 is 0.